The van der Waals surface area contributed by atoms with E-state index in [9.17, 15) is 0 Å². The van der Waals surface area contributed by atoms with Crippen molar-refractivity contribution in [3.05, 3.63) is 34.3 Å². The number of hydrogen-bond donors (Lipinski definition) is 2. The van der Waals surface area contributed by atoms with Crippen molar-refractivity contribution in [1.82, 2.24) is 5.32 Å². The van der Waals surface area contributed by atoms with E-state index in [0.717, 1.165) is 17.3 Å². The monoisotopic (exact) mass is 268 g/mol. The second-order valence-corrected chi connectivity index (χ2v) is 5.29. The molecule has 1 aliphatic rings. The van der Waals surface area contributed by atoms with Gasteiger partial charge in [0.1, 0.15) is 0 Å². The third kappa shape index (κ3) is 2.80. The van der Waals surface area contributed by atoms with E-state index in [1.165, 1.54) is 5.56 Å². The van der Waals surface area contributed by atoms with Crippen molar-refractivity contribution in [3.8, 4) is 0 Å². The standard InChI is InChI=1S/C12H17BrN2/c1-8(15-12-6-11(14)7-12)9-3-2-4-10(13)5-9/h2-5,8,11-12,15H,6-7,14H2,1H3. The summed E-state index contributed by atoms with van der Waals surface area (Å²) < 4.78 is 1.14. The molecule has 0 radical (unpaired) electrons. The van der Waals surface area contributed by atoms with Crippen LogP contribution in [0.3, 0.4) is 0 Å². The first kappa shape index (κ1) is 11.1. The van der Waals surface area contributed by atoms with Crippen molar-refractivity contribution in [2.24, 2.45) is 5.73 Å². The second-order valence-electron chi connectivity index (χ2n) is 4.37. The summed E-state index contributed by atoms with van der Waals surface area (Å²) in [5.74, 6) is 0. The Morgan fingerprint density at radius 3 is 2.80 bits per heavy atom. The molecule has 0 heterocycles. The minimum Gasteiger partial charge on any atom is -0.328 e. The molecular weight excluding hydrogens is 252 g/mol. The average molecular weight is 269 g/mol. The Morgan fingerprint density at radius 2 is 2.20 bits per heavy atom. The lowest BCUT2D eigenvalue weighted by atomic mass is 9.87. The van der Waals surface area contributed by atoms with Crippen LogP contribution in [0.2, 0.25) is 0 Å². The largest absolute Gasteiger partial charge is 0.328 e. The van der Waals surface area contributed by atoms with Gasteiger partial charge in [-0.25, -0.2) is 0 Å². The molecule has 1 atom stereocenters. The van der Waals surface area contributed by atoms with Crippen LogP contribution in [-0.2, 0) is 0 Å². The molecule has 1 aromatic rings. The summed E-state index contributed by atoms with van der Waals surface area (Å²) in [4.78, 5) is 0. The molecule has 0 aliphatic heterocycles. The number of hydrogen-bond acceptors (Lipinski definition) is 2. The maximum atomic E-state index is 5.76. The van der Waals surface area contributed by atoms with Gasteiger partial charge in [-0.1, -0.05) is 28.1 Å². The van der Waals surface area contributed by atoms with Crippen LogP contribution in [0.25, 0.3) is 0 Å². The molecule has 2 nitrogen and oxygen atoms in total. The van der Waals surface area contributed by atoms with Crippen molar-refractivity contribution in [2.75, 3.05) is 0 Å². The molecule has 0 aromatic heterocycles. The molecule has 3 N–H and O–H groups in total. The number of benzene rings is 1. The van der Waals surface area contributed by atoms with E-state index in [4.69, 9.17) is 5.73 Å². The molecule has 1 saturated carbocycles. The highest BCUT2D eigenvalue weighted by atomic mass is 79.9. The van der Waals surface area contributed by atoms with Gasteiger partial charge in [0, 0.05) is 22.6 Å². The van der Waals surface area contributed by atoms with Gasteiger partial charge in [0.2, 0.25) is 0 Å². The van der Waals surface area contributed by atoms with E-state index in [1.54, 1.807) is 0 Å². The van der Waals surface area contributed by atoms with Gasteiger partial charge in [-0.3, -0.25) is 0 Å². The van der Waals surface area contributed by atoms with E-state index in [-0.39, 0.29) is 0 Å². The molecule has 0 spiro atoms. The summed E-state index contributed by atoms with van der Waals surface area (Å²) in [5.41, 5.74) is 7.08. The quantitative estimate of drug-likeness (QED) is 0.885. The highest BCUT2D eigenvalue weighted by Gasteiger charge is 2.26. The molecule has 3 heteroatoms. The third-order valence-electron chi connectivity index (χ3n) is 3.01. The van der Waals surface area contributed by atoms with Gasteiger partial charge in [0.05, 0.1) is 0 Å². The first-order chi connectivity index (χ1) is 7.15. The van der Waals surface area contributed by atoms with Gasteiger partial charge >= 0.3 is 0 Å². The van der Waals surface area contributed by atoms with Gasteiger partial charge in [-0.2, -0.15) is 0 Å². The summed E-state index contributed by atoms with van der Waals surface area (Å²) in [6.07, 6.45) is 2.22. The van der Waals surface area contributed by atoms with E-state index >= 15 is 0 Å². The van der Waals surface area contributed by atoms with Crippen LogP contribution in [0.1, 0.15) is 31.4 Å². The lowest BCUT2D eigenvalue weighted by Gasteiger charge is -2.35. The zero-order valence-electron chi connectivity index (χ0n) is 8.91. The van der Waals surface area contributed by atoms with E-state index in [0.29, 0.717) is 18.1 Å². The predicted octanol–water partition coefficient (Wildman–Crippen LogP) is 2.59. The maximum Gasteiger partial charge on any atom is 0.0294 e. The van der Waals surface area contributed by atoms with E-state index < -0.39 is 0 Å². The summed E-state index contributed by atoms with van der Waals surface area (Å²) in [6.45, 7) is 2.20. The van der Waals surface area contributed by atoms with Crippen LogP contribution < -0.4 is 11.1 Å². The Labute approximate surface area is 99.4 Å². The minimum atomic E-state index is 0.403. The maximum absolute atomic E-state index is 5.76. The Morgan fingerprint density at radius 1 is 1.47 bits per heavy atom. The fourth-order valence-electron chi connectivity index (χ4n) is 2.02. The zero-order valence-corrected chi connectivity index (χ0v) is 10.5. The normalized spacial score (nSPS) is 27.1. The molecule has 2 rings (SSSR count). The molecular formula is C12H17BrN2. The Kier molecular flexibility index (Phi) is 3.44. The Hall–Kier alpha value is -0.380. The van der Waals surface area contributed by atoms with Crippen LogP contribution in [0.4, 0.5) is 0 Å². The molecule has 0 bridgehead atoms. The molecule has 1 unspecified atom stereocenters. The van der Waals surface area contributed by atoms with E-state index in [1.807, 2.05) is 0 Å². The number of nitrogens with one attached hydrogen (secondary N) is 1. The van der Waals surface area contributed by atoms with Crippen molar-refractivity contribution in [1.29, 1.82) is 0 Å². The lowest BCUT2D eigenvalue weighted by Crippen LogP contribution is -2.49. The van der Waals surface area contributed by atoms with Gasteiger partial charge in [-0.05, 0) is 37.5 Å². The first-order valence-electron chi connectivity index (χ1n) is 5.42. The number of rotatable bonds is 3. The minimum absolute atomic E-state index is 0.403. The van der Waals surface area contributed by atoms with E-state index in [2.05, 4.69) is 52.4 Å². The van der Waals surface area contributed by atoms with Crippen LogP contribution in [0.5, 0.6) is 0 Å². The lowest BCUT2D eigenvalue weighted by molar-refractivity contribution is 0.272. The molecule has 15 heavy (non-hydrogen) atoms. The number of nitrogens with two attached hydrogens (primary N) is 1. The number of halogens is 1. The van der Waals surface area contributed by atoms with Gasteiger partial charge in [0.15, 0.2) is 0 Å². The molecule has 1 aromatic carbocycles. The van der Waals surface area contributed by atoms with Gasteiger partial charge in [0.25, 0.3) is 0 Å². The first-order valence-corrected chi connectivity index (χ1v) is 6.21. The van der Waals surface area contributed by atoms with Crippen molar-refractivity contribution in [3.63, 3.8) is 0 Å². The predicted molar refractivity (Wildman–Crippen MR) is 66.7 cm³/mol. The summed E-state index contributed by atoms with van der Waals surface area (Å²) >= 11 is 3.49. The molecule has 1 aliphatic carbocycles. The smallest absolute Gasteiger partial charge is 0.0294 e. The van der Waals surface area contributed by atoms with Gasteiger partial charge in [-0.15, -0.1) is 0 Å². The molecule has 0 saturated heterocycles. The van der Waals surface area contributed by atoms with Crippen molar-refractivity contribution < 1.29 is 0 Å². The fourth-order valence-corrected chi connectivity index (χ4v) is 2.44. The van der Waals surface area contributed by atoms with Crippen molar-refractivity contribution in [2.45, 2.75) is 37.9 Å². The van der Waals surface area contributed by atoms with Crippen LogP contribution in [0.15, 0.2) is 28.7 Å². The fraction of sp³-hybridized carbons (Fsp3) is 0.500. The van der Waals surface area contributed by atoms with Gasteiger partial charge < -0.3 is 11.1 Å². The molecule has 82 valence electrons. The summed E-state index contributed by atoms with van der Waals surface area (Å²) in [6, 6.07) is 9.86. The molecule has 0 amide bonds. The Balaban J connectivity index is 1.93. The van der Waals surface area contributed by atoms with Crippen LogP contribution in [-0.4, -0.2) is 12.1 Å². The highest BCUT2D eigenvalue weighted by Crippen LogP contribution is 2.23. The summed E-state index contributed by atoms with van der Waals surface area (Å²) in [5, 5.41) is 3.59. The Bertz CT molecular complexity index is 334. The second kappa shape index (κ2) is 4.64. The average Bonchev–Trinajstić information content (AvgIpc) is 2.15. The van der Waals surface area contributed by atoms with Crippen molar-refractivity contribution >= 4 is 15.9 Å². The molecule has 1 fully saturated rings. The zero-order chi connectivity index (χ0) is 10.8. The SMILES string of the molecule is CC(NC1CC(N)C1)c1cccc(Br)c1. The third-order valence-corrected chi connectivity index (χ3v) is 3.50. The highest BCUT2D eigenvalue weighted by molar-refractivity contribution is 9.10. The summed E-state index contributed by atoms with van der Waals surface area (Å²) in [7, 11) is 0. The van der Waals surface area contributed by atoms with Crippen LogP contribution in [0, 0.1) is 0 Å². The van der Waals surface area contributed by atoms with Crippen LogP contribution >= 0.6 is 15.9 Å². The topological polar surface area (TPSA) is 38.0 Å².